The fourth-order valence-corrected chi connectivity index (χ4v) is 7.47. The Morgan fingerprint density at radius 1 is 0.944 bits per heavy atom. The Hall–Kier alpha value is -5.46. The van der Waals surface area contributed by atoms with Crippen LogP contribution in [0.4, 0.5) is 14.9 Å². The molecule has 7 rings (SSSR count). The molecule has 2 saturated carbocycles. The van der Waals surface area contributed by atoms with Gasteiger partial charge in [0.1, 0.15) is 23.0 Å². The number of amides is 3. The Morgan fingerprint density at radius 3 is 2.35 bits per heavy atom. The highest BCUT2D eigenvalue weighted by Crippen LogP contribution is 2.37. The van der Waals surface area contributed by atoms with E-state index >= 15 is 4.39 Å². The zero-order chi connectivity index (χ0) is 38.1. The number of alkyl carbamates (subject to hydrolysis) is 1. The summed E-state index contributed by atoms with van der Waals surface area (Å²) in [5.41, 5.74) is 4.66. The first-order chi connectivity index (χ1) is 25.8. The second-order valence-corrected chi connectivity index (χ2v) is 15.9. The average molecular weight is 738 g/mol. The summed E-state index contributed by atoms with van der Waals surface area (Å²) in [6, 6.07) is 13.7. The number of aromatic amines is 3. The minimum Gasteiger partial charge on any atom is -0.444 e. The van der Waals surface area contributed by atoms with Gasteiger partial charge >= 0.3 is 11.8 Å². The number of nitrogens with zero attached hydrogens (tertiary/aromatic N) is 1. The number of H-pyrrole nitrogens is 3. The number of rotatable bonds is 10. The molecule has 1 atom stereocenters. The van der Waals surface area contributed by atoms with Gasteiger partial charge in [0.05, 0.1) is 16.6 Å². The maximum atomic E-state index is 15.6. The van der Waals surface area contributed by atoms with Gasteiger partial charge in [-0.25, -0.2) is 19.0 Å². The van der Waals surface area contributed by atoms with Crippen molar-refractivity contribution in [1.82, 2.24) is 30.6 Å². The zero-order valence-corrected chi connectivity index (χ0v) is 31.2. The van der Waals surface area contributed by atoms with E-state index in [1.807, 2.05) is 51.1 Å². The molecule has 2 aliphatic carbocycles. The Morgan fingerprint density at radius 2 is 1.67 bits per heavy atom. The number of imidazole rings is 2. The van der Waals surface area contributed by atoms with Crippen molar-refractivity contribution in [3.8, 4) is 11.1 Å². The first-order valence-electron chi connectivity index (χ1n) is 18.9. The summed E-state index contributed by atoms with van der Waals surface area (Å²) in [5, 5.41) is 8.78. The van der Waals surface area contributed by atoms with Crippen molar-refractivity contribution in [2.45, 2.75) is 96.6 Å². The summed E-state index contributed by atoms with van der Waals surface area (Å²) in [6.07, 6.45) is 5.82. The molecule has 3 amide bonds. The van der Waals surface area contributed by atoms with Gasteiger partial charge < -0.3 is 35.6 Å². The Kier molecular flexibility index (Phi) is 10.3. The molecule has 13 heteroatoms. The molecule has 0 saturated heterocycles. The van der Waals surface area contributed by atoms with Gasteiger partial charge in [-0.1, -0.05) is 30.7 Å². The van der Waals surface area contributed by atoms with Gasteiger partial charge in [-0.15, -0.1) is 0 Å². The first-order valence-corrected chi connectivity index (χ1v) is 18.9. The van der Waals surface area contributed by atoms with E-state index in [-0.39, 0.29) is 35.7 Å². The van der Waals surface area contributed by atoms with Crippen molar-refractivity contribution in [1.29, 1.82) is 0 Å². The van der Waals surface area contributed by atoms with Gasteiger partial charge in [0.15, 0.2) is 5.82 Å². The molecule has 284 valence electrons. The van der Waals surface area contributed by atoms with Crippen molar-refractivity contribution >= 4 is 45.7 Å². The van der Waals surface area contributed by atoms with Crippen LogP contribution >= 0.6 is 0 Å². The molecule has 0 spiro atoms. The van der Waals surface area contributed by atoms with Crippen LogP contribution in [0.2, 0.25) is 0 Å². The molecule has 3 aromatic carbocycles. The third kappa shape index (κ3) is 8.35. The SMILES string of the molecule is Cc1c(-c2ccc(C[C@H](NC(=O)C3CCC(CNC(=O)OC(C)(C)C)CC3)C(=O)Nc3ccc4[nH]c(=O)[nH]c4c3)cc2)cc2nc(C3CCC3)[nH]c2c1F. The predicted molar refractivity (Wildman–Crippen MR) is 206 cm³/mol. The fraction of sp³-hybridized carbons (Fsp3) is 0.439. The number of nitrogens with one attached hydrogen (secondary N) is 6. The molecular weight excluding hydrogens is 689 g/mol. The molecule has 5 aromatic rings. The highest BCUT2D eigenvalue weighted by molar-refractivity contribution is 5.99. The van der Waals surface area contributed by atoms with E-state index in [9.17, 15) is 19.2 Å². The molecule has 12 nitrogen and oxygen atoms in total. The summed E-state index contributed by atoms with van der Waals surface area (Å²) < 4.78 is 20.9. The quantitative estimate of drug-likeness (QED) is 0.0891. The topological polar surface area (TPSA) is 174 Å². The molecular formula is C41H48FN7O5. The third-order valence-corrected chi connectivity index (χ3v) is 10.7. The summed E-state index contributed by atoms with van der Waals surface area (Å²) >= 11 is 0. The van der Waals surface area contributed by atoms with Crippen molar-refractivity contribution < 1.29 is 23.5 Å². The van der Waals surface area contributed by atoms with Gasteiger partial charge in [0, 0.05) is 30.5 Å². The van der Waals surface area contributed by atoms with Gasteiger partial charge in [-0.2, -0.15) is 0 Å². The van der Waals surface area contributed by atoms with Crippen LogP contribution in [0.15, 0.2) is 53.3 Å². The Bertz CT molecular complexity index is 2240. The largest absolute Gasteiger partial charge is 0.444 e. The summed E-state index contributed by atoms with van der Waals surface area (Å²) in [4.78, 5) is 64.8. The molecule has 2 heterocycles. The second kappa shape index (κ2) is 15.1. The number of benzene rings is 3. The van der Waals surface area contributed by atoms with E-state index in [4.69, 9.17) is 9.72 Å². The van der Waals surface area contributed by atoms with Gasteiger partial charge in [-0.05, 0) is 119 Å². The maximum absolute atomic E-state index is 15.6. The van der Waals surface area contributed by atoms with E-state index in [0.717, 1.165) is 54.6 Å². The van der Waals surface area contributed by atoms with Crippen LogP contribution < -0.4 is 21.6 Å². The summed E-state index contributed by atoms with van der Waals surface area (Å²) in [7, 11) is 0. The van der Waals surface area contributed by atoms with Crippen molar-refractivity contribution in [3.63, 3.8) is 0 Å². The molecule has 0 aliphatic heterocycles. The molecule has 2 aromatic heterocycles. The van der Waals surface area contributed by atoms with Crippen molar-refractivity contribution in [2.24, 2.45) is 11.8 Å². The molecule has 2 aliphatic rings. The van der Waals surface area contributed by atoms with E-state index < -0.39 is 23.6 Å². The van der Waals surface area contributed by atoms with Crippen LogP contribution in [0.1, 0.15) is 88.6 Å². The zero-order valence-electron chi connectivity index (χ0n) is 31.2. The number of hydrogen-bond acceptors (Lipinski definition) is 6. The van der Waals surface area contributed by atoms with Gasteiger partial charge in [0.25, 0.3) is 0 Å². The number of carbonyl (C=O) groups excluding carboxylic acids is 3. The highest BCUT2D eigenvalue weighted by atomic mass is 19.1. The number of hydrogen-bond donors (Lipinski definition) is 6. The lowest BCUT2D eigenvalue weighted by atomic mass is 9.81. The first kappa shape index (κ1) is 36.9. The monoisotopic (exact) mass is 737 g/mol. The minimum absolute atomic E-state index is 0.199. The molecule has 0 unspecified atom stereocenters. The maximum Gasteiger partial charge on any atom is 0.407 e. The Balaban J connectivity index is 1.05. The highest BCUT2D eigenvalue weighted by Gasteiger charge is 2.31. The van der Waals surface area contributed by atoms with Crippen molar-refractivity contribution in [2.75, 3.05) is 11.9 Å². The molecule has 54 heavy (non-hydrogen) atoms. The second-order valence-electron chi connectivity index (χ2n) is 15.9. The molecule has 0 radical (unpaired) electrons. The van der Waals surface area contributed by atoms with Gasteiger partial charge in [-0.3, -0.25) is 9.59 Å². The lowest BCUT2D eigenvalue weighted by molar-refractivity contribution is -0.130. The number of carbonyl (C=O) groups is 3. The van der Waals surface area contributed by atoms with Crippen LogP contribution in [0.25, 0.3) is 33.2 Å². The Labute approximate surface area is 312 Å². The predicted octanol–water partition coefficient (Wildman–Crippen LogP) is 7.11. The summed E-state index contributed by atoms with van der Waals surface area (Å²) in [5.74, 6) is 0.247. The van der Waals surface area contributed by atoms with Crippen LogP contribution in [0, 0.1) is 24.6 Å². The number of ether oxygens (including phenoxy) is 1. The van der Waals surface area contributed by atoms with E-state index in [1.54, 1.807) is 25.1 Å². The minimum atomic E-state index is -0.902. The van der Waals surface area contributed by atoms with Crippen LogP contribution in [0.5, 0.6) is 0 Å². The fourth-order valence-electron chi connectivity index (χ4n) is 7.47. The number of fused-ring (bicyclic) bond motifs is 2. The van der Waals surface area contributed by atoms with E-state index in [0.29, 0.717) is 58.6 Å². The van der Waals surface area contributed by atoms with Crippen LogP contribution in [-0.4, -0.2) is 56.0 Å². The summed E-state index contributed by atoms with van der Waals surface area (Å²) in [6.45, 7) is 7.70. The van der Waals surface area contributed by atoms with Crippen molar-refractivity contribution in [3.05, 3.63) is 81.8 Å². The normalized spacial score (nSPS) is 18.2. The standard InChI is InChI=1S/C41H48FN7O5/c1-22-29(20-32-35(34(22)42)49-36(45-32)26-6-5-7-26)25-12-8-23(9-13-25)18-33(38(51)44-28-16-17-30-31(19-28)48-39(52)47-30)46-37(50)27-14-10-24(11-15-27)21-43-40(53)54-41(2,3)4/h8-9,12-13,16-17,19-20,24,26-27,33H,5-7,10-11,14-15,18,21H2,1-4H3,(H,43,53)(H,44,51)(H,45,49)(H,46,50)(H2,47,48,52)/t24?,27?,33-/m0/s1. The van der Waals surface area contributed by atoms with E-state index in [2.05, 4.69) is 30.9 Å². The number of halogens is 1. The smallest absolute Gasteiger partial charge is 0.407 e. The average Bonchev–Trinajstić information content (AvgIpc) is 3.69. The molecule has 2 fully saturated rings. The third-order valence-electron chi connectivity index (χ3n) is 10.7. The lowest BCUT2D eigenvalue weighted by Gasteiger charge is -2.29. The molecule has 6 N–H and O–H groups in total. The number of anilines is 1. The lowest BCUT2D eigenvalue weighted by Crippen LogP contribution is -2.48. The van der Waals surface area contributed by atoms with Gasteiger partial charge in [0.2, 0.25) is 11.8 Å². The van der Waals surface area contributed by atoms with E-state index in [1.165, 1.54) is 0 Å². The number of aromatic nitrogens is 4. The van der Waals surface area contributed by atoms with Crippen LogP contribution in [-0.2, 0) is 20.7 Å². The van der Waals surface area contributed by atoms with Crippen LogP contribution in [0.3, 0.4) is 0 Å². The molecule has 0 bridgehead atoms.